The lowest BCUT2D eigenvalue weighted by Gasteiger charge is -2.48. The lowest BCUT2D eigenvalue weighted by molar-refractivity contribution is -0.368. The maximum absolute atomic E-state index is 13.0. The third-order valence-corrected chi connectivity index (χ3v) is 8.69. The van der Waals surface area contributed by atoms with Crippen molar-refractivity contribution in [3.63, 3.8) is 0 Å². The summed E-state index contributed by atoms with van der Waals surface area (Å²) in [5.74, 6) is -5.61. The number of hydrogen-bond acceptors (Lipinski definition) is 20. The van der Waals surface area contributed by atoms with Crippen molar-refractivity contribution in [3.8, 4) is 0 Å². The molecule has 1 amide bonds. The van der Waals surface area contributed by atoms with Gasteiger partial charge in [-0.1, -0.05) is 5.21 Å². The molecule has 8 rings (SSSR count). The minimum atomic E-state index is -2.87. The van der Waals surface area contributed by atoms with Gasteiger partial charge in [0.05, 0.1) is 44.8 Å². The Morgan fingerprint density at radius 2 is 1.71 bits per heavy atom. The SMILES string of the molecule is O=C1Cn2cc(nn2)CO[C@@H]2O[C@H](CO)[C@@H](O[C@@H]3O[C@H](CO[C@]4(C(=O)O)C[C@H](O)[C@@H](N1)[C@H]([C@H](O)[C@H](O)CO)O4)[C@H](O)[C@H](O)[C@H]3O)[C@H](O)[C@H]2O. The number of carbonyl (C=O) groups is 2. The van der Waals surface area contributed by atoms with E-state index in [0.29, 0.717) is 0 Å². The van der Waals surface area contributed by atoms with E-state index in [1.807, 2.05) is 0 Å². The Morgan fingerprint density at radius 1 is 1.00 bits per heavy atom. The van der Waals surface area contributed by atoms with Crippen molar-refractivity contribution in [2.75, 3.05) is 19.8 Å². The largest absolute Gasteiger partial charge is 0.477 e. The number of aliphatic carboxylic acids is 1. The molecule has 1 aromatic heterocycles. The third kappa shape index (κ3) is 7.71. The number of nitrogens with zero attached hydrogens (tertiary/aromatic N) is 3. The van der Waals surface area contributed by atoms with E-state index in [1.54, 1.807) is 0 Å². The van der Waals surface area contributed by atoms with E-state index >= 15 is 0 Å². The van der Waals surface area contributed by atoms with E-state index in [1.165, 1.54) is 6.20 Å². The Bertz CT molecular complexity index is 1290. The van der Waals surface area contributed by atoms with Crippen molar-refractivity contribution in [2.24, 2.45) is 0 Å². The fourth-order valence-electron chi connectivity index (χ4n) is 5.97. The van der Waals surface area contributed by atoms with Gasteiger partial charge in [-0.2, -0.15) is 0 Å². The predicted octanol–water partition coefficient (Wildman–Crippen LogP) is -8.41. The summed E-state index contributed by atoms with van der Waals surface area (Å²) in [7, 11) is 0. The van der Waals surface area contributed by atoms with E-state index in [-0.39, 0.29) is 5.69 Å². The number of nitrogens with one attached hydrogen (secondary N) is 1. The van der Waals surface area contributed by atoms with Crippen LogP contribution in [0.2, 0.25) is 0 Å². The molecule has 23 heteroatoms. The normalized spacial score (nSPS) is 43.6. The number of aliphatic hydroxyl groups is 10. The Balaban J connectivity index is 1.50. The average Bonchev–Trinajstić information content (AvgIpc) is 3.52. The van der Waals surface area contributed by atoms with Crippen molar-refractivity contribution in [2.45, 2.75) is 117 Å². The third-order valence-electron chi connectivity index (χ3n) is 8.69. The highest BCUT2D eigenvalue weighted by Crippen LogP contribution is 2.35. The summed E-state index contributed by atoms with van der Waals surface area (Å²) < 4.78 is 34.4. The number of amides is 1. The number of carbonyl (C=O) groups excluding carboxylic acids is 1. The number of carboxylic acid groups (broad SMARTS) is 1. The van der Waals surface area contributed by atoms with E-state index in [4.69, 9.17) is 28.4 Å². The predicted molar refractivity (Wildman–Crippen MR) is 147 cm³/mol. The molecular weight excluding hydrogens is 672 g/mol. The zero-order valence-electron chi connectivity index (χ0n) is 25.5. The first-order valence-corrected chi connectivity index (χ1v) is 15.2. The lowest BCUT2D eigenvalue weighted by Crippen LogP contribution is -2.69. The molecule has 3 fully saturated rings. The summed E-state index contributed by atoms with van der Waals surface area (Å²) in [5, 5.41) is 125. The van der Waals surface area contributed by atoms with Crippen LogP contribution in [0.3, 0.4) is 0 Å². The van der Waals surface area contributed by atoms with Gasteiger partial charge in [-0.3, -0.25) is 4.79 Å². The Hall–Kier alpha value is -2.56. The van der Waals surface area contributed by atoms with E-state index < -0.39 is 149 Å². The van der Waals surface area contributed by atoms with E-state index in [9.17, 15) is 65.8 Å². The molecule has 0 aliphatic carbocycles. The van der Waals surface area contributed by atoms with Gasteiger partial charge < -0.3 is 89.9 Å². The molecule has 0 aromatic carbocycles. The van der Waals surface area contributed by atoms with Crippen LogP contribution in [0, 0.1) is 0 Å². The van der Waals surface area contributed by atoms with Gasteiger partial charge in [0.25, 0.3) is 5.79 Å². The van der Waals surface area contributed by atoms with Gasteiger partial charge in [-0.05, 0) is 0 Å². The molecule has 49 heavy (non-hydrogen) atoms. The second-order valence-corrected chi connectivity index (χ2v) is 12.1. The van der Waals surface area contributed by atoms with Crippen LogP contribution in [-0.2, 0) is 51.2 Å². The monoisotopic (exact) mass is 712 g/mol. The minimum absolute atomic E-state index is 0.0975. The molecule has 12 N–H and O–H groups in total. The number of ether oxygens (including phenoxy) is 6. The van der Waals surface area contributed by atoms with Crippen LogP contribution in [0.25, 0.3) is 0 Å². The molecule has 1 aromatic rings. The molecule has 23 nitrogen and oxygen atoms in total. The maximum Gasteiger partial charge on any atom is 0.364 e. The molecule has 8 bridgehead atoms. The van der Waals surface area contributed by atoms with Crippen LogP contribution in [0.4, 0.5) is 0 Å². The van der Waals surface area contributed by atoms with Crippen LogP contribution in [0.1, 0.15) is 12.1 Å². The number of aromatic nitrogens is 3. The molecule has 0 spiro atoms. The highest BCUT2D eigenvalue weighted by atomic mass is 16.8. The van der Waals surface area contributed by atoms with Gasteiger partial charge in [0.1, 0.15) is 79.4 Å². The topological polar surface area (TPSA) is 355 Å². The maximum atomic E-state index is 13.0. The molecule has 7 aliphatic rings. The van der Waals surface area contributed by atoms with Crippen molar-refractivity contribution in [1.82, 2.24) is 20.3 Å². The van der Waals surface area contributed by atoms with Crippen LogP contribution in [-0.4, -0.2) is 201 Å². The van der Waals surface area contributed by atoms with Gasteiger partial charge in [-0.25, -0.2) is 9.48 Å². The average molecular weight is 713 g/mol. The Kier molecular flexibility index (Phi) is 11.8. The van der Waals surface area contributed by atoms with Crippen LogP contribution in [0.5, 0.6) is 0 Å². The van der Waals surface area contributed by atoms with Crippen molar-refractivity contribution >= 4 is 11.9 Å². The first-order valence-electron chi connectivity index (χ1n) is 15.2. The quantitative estimate of drug-likeness (QED) is 0.135. The van der Waals surface area contributed by atoms with E-state index in [0.717, 1.165) is 4.68 Å². The van der Waals surface area contributed by atoms with Gasteiger partial charge in [0, 0.05) is 6.42 Å². The number of hydrogen-bond donors (Lipinski definition) is 12. The highest BCUT2D eigenvalue weighted by molar-refractivity contribution is 5.77. The fourth-order valence-corrected chi connectivity index (χ4v) is 5.97. The first-order chi connectivity index (χ1) is 23.2. The smallest absolute Gasteiger partial charge is 0.364 e. The molecule has 0 radical (unpaired) electrons. The van der Waals surface area contributed by atoms with Gasteiger partial charge in [0.2, 0.25) is 5.91 Å². The summed E-state index contributed by atoms with van der Waals surface area (Å²) in [5.41, 5.74) is 0.0975. The first kappa shape index (κ1) is 37.7. The van der Waals surface area contributed by atoms with Crippen LogP contribution < -0.4 is 5.32 Å². The molecule has 7 aliphatic heterocycles. The summed E-state index contributed by atoms with van der Waals surface area (Å²) in [6.45, 7) is -3.77. The molecule has 16 atom stereocenters. The molecular formula is C26H40N4O19. The second-order valence-electron chi connectivity index (χ2n) is 12.1. The standard InChI is InChI=1S/C26H40N4O19/c31-4-10(34)15(36)22-14-9(33)1-26(49-22,25(42)43)45-7-12-16(37)17(38)19(40)24(47-12)48-21-11(5-32)46-23(20(41)18(21)39)44-6-8-2-30(29-28-8)3-13(35)27-14/h2,9-12,14-24,31-34,36-41H,1,3-7H2,(H,27,35)(H,42,43)/t9-,10+,11+,12+,14+,15+,16-,17-,18+,19+,20+,21+,22+,23+,24-,26+/m0/s1. The Morgan fingerprint density at radius 3 is 2.39 bits per heavy atom. The zero-order chi connectivity index (χ0) is 35.8. The Labute approximate surface area is 275 Å². The number of carboxylic acids is 1. The minimum Gasteiger partial charge on any atom is -0.477 e. The van der Waals surface area contributed by atoms with Crippen molar-refractivity contribution < 1.29 is 94.2 Å². The molecule has 0 saturated carbocycles. The fraction of sp³-hybridized carbons (Fsp3) is 0.846. The van der Waals surface area contributed by atoms with Crippen LogP contribution >= 0.6 is 0 Å². The van der Waals surface area contributed by atoms with Gasteiger partial charge in [-0.15, -0.1) is 5.10 Å². The summed E-state index contributed by atoms with van der Waals surface area (Å²) in [6, 6.07) is -1.60. The summed E-state index contributed by atoms with van der Waals surface area (Å²) >= 11 is 0. The van der Waals surface area contributed by atoms with Gasteiger partial charge >= 0.3 is 5.97 Å². The molecule has 0 unspecified atom stereocenters. The van der Waals surface area contributed by atoms with Crippen molar-refractivity contribution in [1.29, 1.82) is 0 Å². The lowest BCUT2D eigenvalue weighted by atomic mass is 9.88. The number of rotatable bonds is 5. The van der Waals surface area contributed by atoms with Crippen molar-refractivity contribution in [3.05, 3.63) is 11.9 Å². The summed E-state index contributed by atoms with van der Waals surface area (Å²) in [4.78, 5) is 25.6. The molecule has 3 saturated heterocycles. The van der Waals surface area contributed by atoms with Gasteiger partial charge in [0.15, 0.2) is 12.6 Å². The zero-order valence-corrected chi connectivity index (χ0v) is 25.5. The van der Waals surface area contributed by atoms with Crippen LogP contribution in [0.15, 0.2) is 6.20 Å². The highest BCUT2D eigenvalue weighted by Gasteiger charge is 2.57. The number of aliphatic hydroxyl groups excluding tert-OH is 10. The second kappa shape index (κ2) is 15.4. The van der Waals surface area contributed by atoms with E-state index in [2.05, 4.69) is 15.6 Å². The summed E-state index contributed by atoms with van der Waals surface area (Å²) in [6.07, 6.45) is -25.5. The molecule has 8 heterocycles. The molecule has 278 valence electrons.